The minimum absolute atomic E-state index is 0.260. The molecule has 1 aliphatic rings. The van der Waals surface area contributed by atoms with Crippen LogP contribution in [0.25, 0.3) is 0 Å². The Bertz CT molecular complexity index is 401. The van der Waals surface area contributed by atoms with Gasteiger partial charge in [-0.05, 0) is 74.3 Å². The summed E-state index contributed by atoms with van der Waals surface area (Å²) >= 11 is 0. The summed E-state index contributed by atoms with van der Waals surface area (Å²) in [5.41, 5.74) is 6.40. The van der Waals surface area contributed by atoms with Gasteiger partial charge < -0.3 is 5.11 Å². The Kier molecular flexibility index (Phi) is 4.11. The summed E-state index contributed by atoms with van der Waals surface area (Å²) in [5, 5.41) is 10.8. The van der Waals surface area contributed by atoms with Gasteiger partial charge >= 0.3 is 0 Å². The van der Waals surface area contributed by atoms with Crippen molar-refractivity contribution in [3.8, 4) is 0 Å². The molecule has 0 spiro atoms. The van der Waals surface area contributed by atoms with Crippen molar-refractivity contribution >= 4 is 0 Å². The van der Waals surface area contributed by atoms with E-state index in [1.807, 2.05) is 0 Å². The zero-order valence-electron chi connectivity index (χ0n) is 12.2. The molecule has 1 atom stereocenters. The Labute approximate surface area is 111 Å². The van der Waals surface area contributed by atoms with E-state index in [9.17, 15) is 5.11 Å². The fraction of sp³-hybridized carbons (Fsp3) is 0.647. The first-order valence-corrected chi connectivity index (χ1v) is 7.27. The fourth-order valence-corrected chi connectivity index (χ4v) is 3.38. The van der Waals surface area contributed by atoms with Crippen LogP contribution >= 0.6 is 0 Å². The molecule has 2 rings (SSSR count). The molecule has 100 valence electrons. The summed E-state index contributed by atoms with van der Waals surface area (Å²) in [4.78, 5) is 0. The van der Waals surface area contributed by atoms with Crippen LogP contribution in [0.5, 0.6) is 0 Å². The van der Waals surface area contributed by atoms with Crippen LogP contribution in [-0.2, 0) is 0 Å². The molecular formula is C17H26O. The van der Waals surface area contributed by atoms with E-state index in [0.717, 1.165) is 0 Å². The largest absolute Gasteiger partial charge is 0.388 e. The molecule has 0 radical (unpaired) electrons. The van der Waals surface area contributed by atoms with Crippen molar-refractivity contribution in [3.63, 3.8) is 0 Å². The molecule has 1 fully saturated rings. The molecule has 18 heavy (non-hydrogen) atoms. The van der Waals surface area contributed by atoms with Gasteiger partial charge in [-0.2, -0.15) is 0 Å². The van der Waals surface area contributed by atoms with Crippen molar-refractivity contribution in [2.45, 2.75) is 65.9 Å². The number of aliphatic hydroxyl groups excluding tert-OH is 1. The van der Waals surface area contributed by atoms with Crippen LogP contribution in [0, 0.1) is 33.6 Å². The van der Waals surface area contributed by atoms with Crippen molar-refractivity contribution in [2.24, 2.45) is 5.92 Å². The first-order chi connectivity index (χ1) is 8.52. The van der Waals surface area contributed by atoms with E-state index in [2.05, 4.69) is 33.8 Å². The molecule has 1 N–H and O–H groups in total. The molecule has 0 heterocycles. The maximum Gasteiger partial charge on any atom is 0.0823 e. The van der Waals surface area contributed by atoms with E-state index in [0.29, 0.717) is 5.92 Å². The van der Waals surface area contributed by atoms with Gasteiger partial charge in [0.05, 0.1) is 6.10 Å². The van der Waals surface area contributed by atoms with Crippen LogP contribution in [0.2, 0.25) is 0 Å². The van der Waals surface area contributed by atoms with Gasteiger partial charge in [0.15, 0.2) is 0 Å². The van der Waals surface area contributed by atoms with Gasteiger partial charge in [0.2, 0.25) is 0 Å². The SMILES string of the molecule is Cc1cc(C)c(C)c(C(O)C2CCCCC2)c1C. The smallest absolute Gasteiger partial charge is 0.0823 e. The minimum Gasteiger partial charge on any atom is -0.388 e. The van der Waals surface area contributed by atoms with Crippen LogP contribution < -0.4 is 0 Å². The molecule has 1 nitrogen and oxygen atoms in total. The number of benzene rings is 1. The number of hydrogen-bond donors (Lipinski definition) is 1. The Balaban J connectivity index is 2.37. The molecule has 0 bridgehead atoms. The lowest BCUT2D eigenvalue weighted by molar-refractivity contribution is 0.0836. The van der Waals surface area contributed by atoms with Crippen LogP contribution in [0.15, 0.2) is 6.07 Å². The summed E-state index contributed by atoms with van der Waals surface area (Å²) in [7, 11) is 0. The second-order valence-electron chi connectivity index (χ2n) is 6.02. The topological polar surface area (TPSA) is 20.2 Å². The minimum atomic E-state index is -0.260. The molecule has 1 aromatic rings. The summed E-state index contributed by atoms with van der Waals surface area (Å²) in [6.45, 7) is 8.62. The Hall–Kier alpha value is -0.820. The van der Waals surface area contributed by atoms with Crippen LogP contribution in [0.3, 0.4) is 0 Å². The molecule has 1 aliphatic carbocycles. The number of rotatable bonds is 2. The maximum absolute atomic E-state index is 10.8. The van der Waals surface area contributed by atoms with Crippen molar-refractivity contribution in [3.05, 3.63) is 33.9 Å². The normalized spacial score (nSPS) is 18.9. The second-order valence-corrected chi connectivity index (χ2v) is 6.02. The summed E-state index contributed by atoms with van der Waals surface area (Å²) < 4.78 is 0. The second kappa shape index (κ2) is 5.44. The monoisotopic (exact) mass is 246 g/mol. The van der Waals surface area contributed by atoms with Gasteiger partial charge in [-0.1, -0.05) is 25.3 Å². The molecule has 0 saturated heterocycles. The van der Waals surface area contributed by atoms with Crippen molar-refractivity contribution in [2.75, 3.05) is 0 Å². The van der Waals surface area contributed by atoms with Gasteiger partial charge in [-0.25, -0.2) is 0 Å². The Morgan fingerprint density at radius 1 is 0.944 bits per heavy atom. The van der Waals surface area contributed by atoms with E-state index in [4.69, 9.17) is 0 Å². The predicted molar refractivity (Wildman–Crippen MR) is 76.9 cm³/mol. The molecule has 0 amide bonds. The first kappa shape index (κ1) is 13.6. The highest BCUT2D eigenvalue weighted by molar-refractivity contribution is 5.45. The van der Waals surface area contributed by atoms with Crippen LogP contribution in [0.4, 0.5) is 0 Å². The summed E-state index contributed by atoms with van der Waals surface area (Å²) in [6, 6.07) is 2.24. The highest BCUT2D eigenvalue weighted by atomic mass is 16.3. The van der Waals surface area contributed by atoms with Gasteiger partial charge in [0.1, 0.15) is 0 Å². The highest BCUT2D eigenvalue weighted by Crippen LogP contribution is 2.38. The van der Waals surface area contributed by atoms with Crippen molar-refractivity contribution < 1.29 is 5.11 Å². The average molecular weight is 246 g/mol. The quantitative estimate of drug-likeness (QED) is 0.812. The molecule has 0 aromatic heterocycles. The van der Waals surface area contributed by atoms with Gasteiger partial charge in [-0.3, -0.25) is 0 Å². The lowest BCUT2D eigenvalue weighted by atomic mass is 9.79. The van der Waals surface area contributed by atoms with E-state index in [-0.39, 0.29) is 6.10 Å². The number of aliphatic hydroxyl groups is 1. The molecular weight excluding hydrogens is 220 g/mol. The standard InChI is InChI=1S/C17H26O/c1-11-10-12(2)14(4)16(13(11)3)17(18)15-8-6-5-7-9-15/h10,15,17-18H,5-9H2,1-4H3. The zero-order chi connectivity index (χ0) is 13.3. The third-order valence-electron chi connectivity index (χ3n) is 4.82. The molecule has 1 aromatic carbocycles. The Morgan fingerprint density at radius 2 is 1.44 bits per heavy atom. The third kappa shape index (κ3) is 2.47. The number of hydrogen-bond acceptors (Lipinski definition) is 1. The van der Waals surface area contributed by atoms with Gasteiger partial charge in [0, 0.05) is 0 Å². The summed E-state index contributed by atoms with van der Waals surface area (Å²) in [6.07, 6.45) is 6.02. The third-order valence-corrected chi connectivity index (χ3v) is 4.82. The van der Waals surface area contributed by atoms with Gasteiger partial charge in [0.25, 0.3) is 0 Å². The van der Waals surface area contributed by atoms with E-state index in [1.165, 1.54) is 59.9 Å². The summed E-state index contributed by atoms with van der Waals surface area (Å²) in [5.74, 6) is 0.470. The predicted octanol–water partition coefficient (Wildman–Crippen LogP) is 4.53. The molecule has 1 saturated carbocycles. The molecule has 0 aliphatic heterocycles. The lowest BCUT2D eigenvalue weighted by Gasteiger charge is -2.30. The van der Waals surface area contributed by atoms with Crippen LogP contribution in [0.1, 0.15) is 66.0 Å². The van der Waals surface area contributed by atoms with Crippen molar-refractivity contribution in [1.82, 2.24) is 0 Å². The van der Waals surface area contributed by atoms with Crippen LogP contribution in [-0.4, -0.2) is 5.11 Å². The van der Waals surface area contributed by atoms with Gasteiger partial charge in [-0.15, -0.1) is 0 Å². The van der Waals surface area contributed by atoms with E-state index < -0.39 is 0 Å². The fourth-order valence-electron chi connectivity index (χ4n) is 3.38. The highest BCUT2D eigenvalue weighted by Gasteiger charge is 2.26. The molecule has 1 unspecified atom stereocenters. The number of aryl methyl sites for hydroxylation is 2. The average Bonchev–Trinajstić information content (AvgIpc) is 2.37. The maximum atomic E-state index is 10.8. The lowest BCUT2D eigenvalue weighted by Crippen LogP contribution is -2.18. The zero-order valence-corrected chi connectivity index (χ0v) is 12.2. The van der Waals surface area contributed by atoms with Crippen molar-refractivity contribution in [1.29, 1.82) is 0 Å². The first-order valence-electron chi connectivity index (χ1n) is 7.27. The van der Waals surface area contributed by atoms with E-state index >= 15 is 0 Å². The molecule has 1 heteroatoms. The Morgan fingerprint density at radius 3 is 1.94 bits per heavy atom. The van der Waals surface area contributed by atoms with E-state index in [1.54, 1.807) is 0 Å².